The molecule has 2 atom stereocenters. The summed E-state index contributed by atoms with van der Waals surface area (Å²) < 4.78 is 0. The van der Waals surface area contributed by atoms with Crippen molar-refractivity contribution in [2.24, 2.45) is 10.9 Å². The first kappa shape index (κ1) is 21.1. The van der Waals surface area contributed by atoms with Gasteiger partial charge in [0.15, 0.2) is 5.96 Å². The Labute approximate surface area is 171 Å². The fourth-order valence-corrected chi connectivity index (χ4v) is 4.54. The SMILES string of the molecule is CN=C(NCCC1CCN(C)CC1)NC1CCN(Cc2ccccc2)C(C)C1. The lowest BCUT2D eigenvalue weighted by Crippen LogP contribution is -2.51. The first-order valence-electron chi connectivity index (χ1n) is 11.1. The Balaban J connectivity index is 1.37. The van der Waals surface area contributed by atoms with Crippen molar-refractivity contribution in [3.8, 4) is 0 Å². The number of likely N-dealkylation sites (tertiary alicyclic amines) is 2. The molecule has 2 heterocycles. The van der Waals surface area contributed by atoms with E-state index in [0.29, 0.717) is 12.1 Å². The van der Waals surface area contributed by atoms with Crippen LogP contribution in [0.4, 0.5) is 0 Å². The van der Waals surface area contributed by atoms with Crippen LogP contribution in [0.5, 0.6) is 0 Å². The fraction of sp³-hybridized carbons (Fsp3) is 0.696. The van der Waals surface area contributed by atoms with E-state index in [1.54, 1.807) is 0 Å². The van der Waals surface area contributed by atoms with Gasteiger partial charge >= 0.3 is 0 Å². The predicted octanol–water partition coefficient (Wildman–Crippen LogP) is 2.94. The Morgan fingerprint density at radius 3 is 2.54 bits per heavy atom. The van der Waals surface area contributed by atoms with Crippen molar-refractivity contribution < 1.29 is 0 Å². The van der Waals surface area contributed by atoms with Crippen LogP contribution in [0.2, 0.25) is 0 Å². The summed E-state index contributed by atoms with van der Waals surface area (Å²) in [6, 6.07) is 11.9. The molecular weight excluding hydrogens is 346 g/mol. The first-order valence-corrected chi connectivity index (χ1v) is 11.1. The van der Waals surface area contributed by atoms with Gasteiger partial charge < -0.3 is 15.5 Å². The summed E-state index contributed by atoms with van der Waals surface area (Å²) in [6.45, 7) is 8.07. The number of nitrogens with zero attached hydrogens (tertiary/aromatic N) is 3. The molecule has 0 aromatic heterocycles. The topological polar surface area (TPSA) is 42.9 Å². The molecule has 2 fully saturated rings. The van der Waals surface area contributed by atoms with Crippen molar-refractivity contribution in [3.63, 3.8) is 0 Å². The van der Waals surface area contributed by atoms with Gasteiger partial charge in [0.2, 0.25) is 0 Å². The highest BCUT2D eigenvalue weighted by Crippen LogP contribution is 2.20. The maximum absolute atomic E-state index is 4.46. The summed E-state index contributed by atoms with van der Waals surface area (Å²) in [4.78, 5) is 9.50. The average molecular weight is 386 g/mol. The normalized spacial score (nSPS) is 25.6. The van der Waals surface area contributed by atoms with Crippen LogP contribution >= 0.6 is 0 Å². The highest BCUT2D eigenvalue weighted by atomic mass is 15.2. The highest BCUT2D eigenvalue weighted by molar-refractivity contribution is 5.79. The minimum atomic E-state index is 0.511. The lowest BCUT2D eigenvalue weighted by molar-refractivity contribution is 0.134. The van der Waals surface area contributed by atoms with Crippen molar-refractivity contribution in [2.45, 2.75) is 57.7 Å². The van der Waals surface area contributed by atoms with Gasteiger partial charge in [0.1, 0.15) is 0 Å². The van der Waals surface area contributed by atoms with E-state index in [1.165, 1.54) is 50.8 Å². The fourth-order valence-electron chi connectivity index (χ4n) is 4.54. The molecule has 2 saturated heterocycles. The van der Waals surface area contributed by atoms with Gasteiger partial charge in [-0.15, -0.1) is 0 Å². The minimum Gasteiger partial charge on any atom is -0.356 e. The van der Waals surface area contributed by atoms with Crippen molar-refractivity contribution in [2.75, 3.05) is 40.3 Å². The van der Waals surface area contributed by atoms with Crippen molar-refractivity contribution in [3.05, 3.63) is 35.9 Å². The summed E-state index contributed by atoms with van der Waals surface area (Å²) in [7, 11) is 4.12. The summed E-state index contributed by atoms with van der Waals surface area (Å²) >= 11 is 0. The molecule has 5 heteroatoms. The van der Waals surface area contributed by atoms with E-state index < -0.39 is 0 Å². The zero-order chi connectivity index (χ0) is 19.8. The van der Waals surface area contributed by atoms with Crippen LogP contribution in [0, 0.1) is 5.92 Å². The predicted molar refractivity (Wildman–Crippen MR) is 119 cm³/mol. The van der Waals surface area contributed by atoms with Crippen molar-refractivity contribution >= 4 is 5.96 Å². The third kappa shape index (κ3) is 6.49. The molecule has 2 aliphatic rings. The van der Waals surface area contributed by atoms with Gasteiger partial charge in [0.25, 0.3) is 0 Å². The number of aliphatic imine (C=N–C) groups is 1. The van der Waals surface area contributed by atoms with Gasteiger partial charge in [-0.3, -0.25) is 9.89 Å². The van der Waals surface area contributed by atoms with Crippen LogP contribution in [0.15, 0.2) is 35.3 Å². The molecule has 0 bridgehead atoms. The van der Waals surface area contributed by atoms with E-state index in [-0.39, 0.29) is 0 Å². The Kier molecular flexibility index (Phi) is 8.16. The smallest absolute Gasteiger partial charge is 0.191 e. The first-order chi connectivity index (χ1) is 13.6. The molecule has 28 heavy (non-hydrogen) atoms. The second kappa shape index (κ2) is 10.8. The third-order valence-electron chi connectivity index (χ3n) is 6.49. The van der Waals surface area contributed by atoms with Crippen LogP contribution in [0.25, 0.3) is 0 Å². The van der Waals surface area contributed by atoms with Gasteiger partial charge in [-0.1, -0.05) is 30.3 Å². The van der Waals surface area contributed by atoms with E-state index in [4.69, 9.17) is 0 Å². The number of rotatable bonds is 6. The lowest BCUT2D eigenvalue weighted by atomic mass is 9.94. The molecule has 3 rings (SSSR count). The molecule has 156 valence electrons. The Morgan fingerprint density at radius 1 is 1.11 bits per heavy atom. The summed E-state index contributed by atoms with van der Waals surface area (Å²) in [5.74, 6) is 1.84. The Morgan fingerprint density at radius 2 is 1.86 bits per heavy atom. The molecule has 0 spiro atoms. The zero-order valence-electron chi connectivity index (χ0n) is 18.0. The Hall–Kier alpha value is -1.59. The van der Waals surface area contributed by atoms with E-state index >= 15 is 0 Å². The van der Waals surface area contributed by atoms with E-state index in [9.17, 15) is 0 Å². The lowest BCUT2D eigenvalue weighted by Gasteiger charge is -2.38. The van der Waals surface area contributed by atoms with E-state index in [2.05, 4.69) is 69.7 Å². The average Bonchev–Trinajstić information content (AvgIpc) is 2.71. The molecule has 2 unspecified atom stereocenters. The monoisotopic (exact) mass is 385 g/mol. The van der Waals surface area contributed by atoms with Gasteiger partial charge in [0.05, 0.1) is 0 Å². The van der Waals surface area contributed by atoms with Gasteiger partial charge in [-0.05, 0) is 70.6 Å². The highest BCUT2D eigenvalue weighted by Gasteiger charge is 2.26. The standard InChI is InChI=1S/C23H39N5/c1-19-17-22(12-16-28(19)18-21-7-5-4-6-8-21)26-23(24-2)25-13-9-20-10-14-27(3)15-11-20/h4-8,19-20,22H,9-18H2,1-3H3,(H2,24,25,26). The quantitative estimate of drug-likeness (QED) is 0.584. The molecule has 0 amide bonds. The minimum absolute atomic E-state index is 0.511. The van der Waals surface area contributed by atoms with Crippen molar-refractivity contribution in [1.29, 1.82) is 0 Å². The largest absolute Gasteiger partial charge is 0.356 e. The second-order valence-corrected chi connectivity index (χ2v) is 8.71. The summed E-state index contributed by atoms with van der Waals surface area (Å²) in [5, 5.41) is 7.22. The molecule has 2 N–H and O–H groups in total. The van der Waals surface area contributed by atoms with Crippen molar-refractivity contribution in [1.82, 2.24) is 20.4 Å². The number of hydrogen-bond donors (Lipinski definition) is 2. The van der Waals surface area contributed by atoms with Crippen LogP contribution in [0.1, 0.15) is 44.6 Å². The molecule has 1 aromatic rings. The summed E-state index contributed by atoms with van der Waals surface area (Å²) in [6.07, 6.45) is 6.26. The molecule has 0 aliphatic carbocycles. The van der Waals surface area contributed by atoms with Crippen LogP contribution in [-0.2, 0) is 6.54 Å². The number of guanidine groups is 1. The van der Waals surface area contributed by atoms with Crippen LogP contribution in [-0.4, -0.2) is 68.1 Å². The molecule has 5 nitrogen and oxygen atoms in total. The Bertz CT molecular complexity index is 594. The molecule has 1 aromatic carbocycles. The maximum Gasteiger partial charge on any atom is 0.191 e. The van der Waals surface area contributed by atoms with Gasteiger partial charge in [-0.2, -0.15) is 0 Å². The number of nitrogens with one attached hydrogen (secondary N) is 2. The zero-order valence-corrected chi connectivity index (χ0v) is 18.0. The molecular formula is C23H39N5. The maximum atomic E-state index is 4.46. The van der Waals surface area contributed by atoms with Crippen LogP contribution < -0.4 is 10.6 Å². The number of benzene rings is 1. The molecule has 0 radical (unpaired) electrons. The molecule has 0 saturated carbocycles. The van der Waals surface area contributed by atoms with E-state index in [0.717, 1.165) is 31.5 Å². The second-order valence-electron chi connectivity index (χ2n) is 8.71. The number of piperidine rings is 2. The number of hydrogen-bond acceptors (Lipinski definition) is 3. The van der Waals surface area contributed by atoms with E-state index in [1.807, 2.05) is 7.05 Å². The molecule has 2 aliphatic heterocycles. The summed E-state index contributed by atoms with van der Waals surface area (Å²) in [5.41, 5.74) is 1.41. The van der Waals surface area contributed by atoms with Gasteiger partial charge in [-0.25, -0.2) is 0 Å². The van der Waals surface area contributed by atoms with Gasteiger partial charge in [0, 0.05) is 38.8 Å². The third-order valence-corrected chi connectivity index (χ3v) is 6.49. The van der Waals surface area contributed by atoms with Crippen LogP contribution in [0.3, 0.4) is 0 Å².